The van der Waals surface area contributed by atoms with E-state index < -0.39 is 34.1 Å². The van der Waals surface area contributed by atoms with Gasteiger partial charge >= 0.3 is 0 Å². The van der Waals surface area contributed by atoms with Crippen LogP contribution in [-0.4, -0.2) is 56.6 Å². The minimum absolute atomic E-state index is 0.0817. The summed E-state index contributed by atoms with van der Waals surface area (Å²) in [5, 5.41) is 3.37. The lowest BCUT2D eigenvalue weighted by atomic mass is 10.1. The number of methoxy groups -OCH3 is 1. The Kier molecular flexibility index (Phi) is 8.96. The molecule has 0 saturated heterocycles. The molecule has 2 rings (SSSR count). The number of ether oxygens (including phenoxy) is 1. The zero-order chi connectivity index (χ0) is 25.7. The standard InChI is InChI=1S/C24H32ClN3O5S/c1-17(23(30)26-24(2,3)4)27(15-18-8-7-9-19(25)14-18)22(29)16-28(34(6,31)32)20-10-12-21(33-5)13-11-20/h7-14,17H,15-16H2,1-6H3,(H,26,30)/t17-/m1/s1. The van der Waals surface area contributed by atoms with Crippen molar-refractivity contribution in [3.63, 3.8) is 0 Å². The molecule has 0 bridgehead atoms. The average Bonchev–Trinajstić information content (AvgIpc) is 2.73. The van der Waals surface area contributed by atoms with Gasteiger partial charge < -0.3 is 15.0 Å². The molecule has 0 unspecified atom stereocenters. The Morgan fingerprint density at radius 1 is 1.12 bits per heavy atom. The van der Waals surface area contributed by atoms with Crippen LogP contribution in [0.15, 0.2) is 48.5 Å². The first-order valence-corrected chi connectivity index (χ1v) is 12.9. The number of rotatable bonds is 9. The number of nitrogens with one attached hydrogen (secondary N) is 1. The van der Waals surface area contributed by atoms with E-state index in [-0.39, 0.29) is 12.5 Å². The molecular weight excluding hydrogens is 478 g/mol. The van der Waals surface area contributed by atoms with Crippen molar-refractivity contribution in [1.29, 1.82) is 0 Å². The lowest BCUT2D eigenvalue weighted by Gasteiger charge is -2.33. The van der Waals surface area contributed by atoms with E-state index in [1.165, 1.54) is 12.0 Å². The molecule has 0 saturated carbocycles. The number of amides is 2. The van der Waals surface area contributed by atoms with Gasteiger partial charge in [0.1, 0.15) is 18.3 Å². The maximum Gasteiger partial charge on any atom is 0.244 e. The molecule has 0 heterocycles. The average molecular weight is 510 g/mol. The van der Waals surface area contributed by atoms with Crippen LogP contribution in [-0.2, 0) is 26.2 Å². The quantitative estimate of drug-likeness (QED) is 0.558. The van der Waals surface area contributed by atoms with Gasteiger partial charge in [-0.15, -0.1) is 0 Å². The molecule has 10 heteroatoms. The maximum absolute atomic E-state index is 13.5. The van der Waals surface area contributed by atoms with Crippen LogP contribution in [0, 0.1) is 0 Å². The largest absolute Gasteiger partial charge is 0.497 e. The van der Waals surface area contributed by atoms with Crippen LogP contribution in [0.1, 0.15) is 33.3 Å². The summed E-state index contributed by atoms with van der Waals surface area (Å²) in [4.78, 5) is 27.7. The SMILES string of the molecule is COc1ccc(N(CC(=O)N(Cc2cccc(Cl)c2)[C@H](C)C(=O)NC(C)(C)C)S(C)(=O)=O)cc1. The summed E-state index contributed by atoms with van der Waals surface area (Å²) in [5.41, 5.74) is 0.524. The van der Waals surface area contributed by atoms with Crippen molar-refractivity contribution in [1.82, 2.24) is 10.2 Å². The fourth-order valence-corrected chi connectivity index (χ4v) is 4.31. The van der Waals surface area contributed by atoms with Crippen molar-refractivity contribution in [2.75, 3.05) is 24.2 Å². The second kappa shape index (κ2) is 11.1. The highest BCUT2D eigenvalue weighted by Gasteiger charge is 2.31. The van der Waals surface area contributed by atoms with E-state index in [1.807, 2.05) is 20.8 Å². The van der Waals surface area contributed by atoms with Crippen molar-refractivity contribution in [3.05, 3.63) is 59.1 Å². The molecule has 2 amide bonds. The van der Waals surface area contributed by atoms with Gasteiger partial charge in [-0.1, -0.05) is 23.7 Å². The first-order valence-electron chi connectivity index (χ1n) is 10.7. The highest BCUT2D eigenvalue weighted by Crippen LogP contribution is 2.22. The fourth-order valence-electron chi connectivity index (χ4n) is 3.25. The minimum Gasteiger partial charge on any atom is -0.497 e. The van der Waals surface area contributed by atoms with Crippen LogP contribution in [0.4, 0.5) is 5.69 Å². The van der Waals surface area contributed by atoms with Gasteiger partial charge in [0.15, 0.2) is 0 Å². The summed E-state index contributed by atoms with van der Waals surface area (Å²) in [6.45, 7) is 6.75. The lowest BCUT2D eigenvalue weighted by molar-refractivity contribution is -0.140. The van der Waals surface area contributed by atoms with Gasteiger partial charge in [0.25, 0.3) is 0 Å². The molecule has 34 heavy (non-hydrogen) atoms. The molecule has 2 aromatic carbocycles. The Balaban J connectivity index is 2.39. The molecule has 0 aliphatic rings. The third-order valence-electron chi connectivity index (χ3n) is 4.95. The molecule has 1 atom stereocenters. The Bertz CT molecular complexity index is 1110. The third kappa shape index (κ3) is 7.92. The zero-order valence-electron chi connectivity index (χ0n) is 20.3. The van der Waals surface area contributed by atoms with Crippen LogP contribution < -0.4 is 14.4 Å². The summed E-state index contributed by atoms with van der Waals surface area (Å²) in [6, 6.07) is 12.4. The highest BCUT2D eigenvalue weighted by atomic mass is 35.5. The molecule has 0 spiro atoms. The number of carbonyl (C=O) groups is 2. The van der Waals surface area contributed by atoms with Crippen molar-refractivity contribution >= 4 is 39.1 Å². The summed E-state index contributed by atoms with van der Waals surface area (Å²) in [5.74, 6) is -0.324. The molecule has 186 valence electrons. The molecule has 0 aromatic heterocycles. The summed E-state index contributed by atoms with van der Waals surface area (Å²) in [7, 11) is -2.29. The van der Waals surface area contributed by atoms with E-state index in [0.717, 1.165) is 10.6 Å². The Labute approximate surface area is 206 Å². The number of anilines is 1. The fraction of sp³-hybridized carbons (Fsp3) is 0.417. The van der Waals surface area contributed by atoms with E-state index in [4.69, 9.17) is 16.3 Å². The van der Waals surface area contributed by atoms with Crippen LogP contribution in [0.5, 0.6) is 5.75 Å². The first kappa shape index (κ1) is 27.5. The van der Waals surface area contributed by atoms with Crippen LogP contribution in [0.3, 0.4) is 0 Å². The first-order chi connectivity index (χ1) is 15.7. The smallest absolute Gasteiger partial charge is 0.244 e. The number of nitrogens with zero attached hydrogens (tertiary/aromatic N) is 2. The Hall–Kier alpha value is -2.78. The monoisotopic (exact) mass is 509 g/mol. The van der Waals surface area contributed by atoms with E-state index in [1.54, 1.807) is 55.5 Å². The van der Waals surface area contributed by atoms with Crippen LogP contribution in [0.25, 0.3) is 0 Å². The van der Waals surface area contributed by atoms with Gasteiger partial charge in [0.05, 0.1) is 19.1 Å². The van der Waals surface area contributed by atoms with Gasteiger partial charge in [-0.3, -0.25) is 13.9 Å². The van der Waals surface area contributed by atoms with Gasteiger partial charge in [0, 0.05) is 17.1 Å². The lowest BCUT2D eigenvalue weighted by Crippen LogP contribution is -2.54. The summed E-state index contributed by atoms with van der Waals surface area (Å²) in [6.07, 6.45) is 1.03. The zero-order valence-corrected chi connectivity index (χ0v) is 21.9. The normalized spacial score (nSPS) is 12.6. The molecule has 0 fully saturated rings. The highest BCUT2D eigenvalue weighted by molar-refractivity contribution is 7.92. The van der Waals surface area contributed by atoms with E-state index in [0.29, 0.717) is 22.0 Å². The number of halogens is 1. The van der Waals surface area contributed by atoms with Crippen molar-refractivity contribution in [2.24, 2.45) is 0 Å². The van der Waals surface area contributed by atoms with E-state index >= 15 is 0 Å². The molecule has 2 aromatic rings. The number of sulfonamides is 1. The molecule has 0 aliphatic heterocycles. The number of carbonyl (C=O) groups excluding carboxylic acids is 2. The van der Waals surface area contributed by atoms with Crippen molar-refractivity contribution in [2.45, 2.75) is 45.8 Å². The predicted molar refractivity (Wildman–Crippen MR) is 135 cm³/mol. The second-order valence-corrected chi connectivity index (χ2v) is 11.4. The Morgan fingerprint density at radius 2 is 1.74 bits per heavy atom. The van der Waals surface area contributed by atoms with Crippen LogP contribution >= 0.6 is 11.6 Å². The molecule has 0 aliphatic carbocycles. The molecule has 8 nitrogen and oxygen atoms in total. The number of benzene rings is 2. The maximum atomic E-state index is 13.5. The summed E-state index contributed by atoms with van der Waals surface area (Å²) >= 11 is 6.11. The molecular formula is C24H32ClN3O5S. The van der Waals surface area contributed by atoms with Gasteiger partial charge in [-0.25, -0.2) is 8.42 Å². The van der Waals surface area contributed by atoms with Gasteiger partial charge in [0.2, 0.25) is 21.8 Å². The summed E-state index contributed by atoms with van der Waals surface area (Å²) < 4.78 is 31.3. The van der Waals surface area contributed by atoms with E-state index in [2.05, 4.69) is 5.32 Å². The minimum atomic E-state index is -3.80. The Morgan fingerprint density at radius 3 is 2.24 bits per heavy atom. The predicted octanol–water partition coefficient (Wildman–Crippen LogP) is 3.45. The molecule has 1 N–H and O–H groups in total. The third-order valence-corrected chi connectivity index (χ3v) is 6.32. The number of hydrogen-bond donors (Lipinski definition) is 1. The molecule has 0 radical (unpaired) electrons. The second-order valence-electron chi connectivity index (χ2n) is 9.03. The topological polar surface area (TPSA) is 96.0 Å². The van der Waals surface area contributed by atoms with Crippen LogP contribution in [0.2, 0.25) is 5.02 Å². The van der Waals surface area contributed by atoms with Gasteiger partial charge in [-0.05, 0) is 69.7 Å². The van der Waals surface area contributed by atoms with Crippen molar-refractivity contribution < 1.29 is 22.7 Å². The van der Waals surface area contributed by atoms with Gasteiger partial charge in [-0.2, -0.15) is 0 Å². The van der Waals surface area contributed by atoms with Crippen molar-refractivity contribution in [3.8, 4) is 5.75 Å². The van der Waals surface area contributed by atoms with E-state index in [9.17, 15) is 18.0 Å². The number of hydrogen-bond acceptors (Lipinski definition) is 5.